The highest BCUT2D eigenvalue weighted by Crippen LogP contribution is 2.58. The van der Waals surface area contributed by atoms with Crippen LogP contribution in [0.4, 0.5) is 0 Å². The van der Waals surface area contributed by atoms with Crippen LogP contribution in [0.25, 0.3) is 0 Å². The van der Waals surface area contributed by atoms with Crippen LogP contribution in [-0.2, 0) is 0 Å². The van der Waals surface area contributed by atoms with E-state index in [4.69, 9.17) is 0 Å². The van der Waals surface area contributed by atoms with E-state index in [1.807, 2.05) is 0 Å². The first-order valence-corrected chi connectivity index (χ1v) is 8.21. The highest BCUT2D eigenvalue weighted by atomic mass is 15.2. The molecule has 1 aliphatic heterocycles. The van der Waals surface area contributed by atoms with Gasteiger partial charge in [-0.3, -0.25) is 4.90 Å². The second-order valence-corrected chi connectivity index (χ2v) is 6.94. The van der Waals surface area contributed by atoms with Crippen LogP contribution < -0.4 is 0 Å². The third kappa shape index (κ3) is 2.33. The van der Waals surface area contributed by atoms with Gasteiger partial charge >= 0.3 is 0 Å². The Kier molecular flexibility index (Phi) is 3.11. The summed E-state index contributed by atoms with van der Waals surface area (Å²) >= 11 is 0. The van der Waals surface area contributed by atoms with Gasteiger partial charge in [-0.2, -0.15) is 0 Å². The summed E-state index contributed by atoms with van der Waals surface area (Å²) in [6.45, 7) is 2.65. The normalized spacial score (nSPS) is 35.9. The Labute approximate surface area is 117 Å². The van der Waals surface area contributed by atoms with Crippen molar-refractivity contribution in [3.8, 4) is 0 Å². The fourth-order valence-corrected chi connectivity index (χ4v) is 4.65. The molecule has 102 valence electrons. The smallest absolute Gasteiger partial charge is 0.0376 e. The van der Waals surface area contributed by atoms with Gasteiger partial charge in [0.1, 0.15) is 0 Å². The van der Waals surface area contributed by atoms with Crippen LogP contribution >= 0.6 is 0 Å². The minimum atomic E-state index is 0.717. The van der Waals surface area contributed by atoms with E-state index in [1.165, 1.54) is 51.6 Å². The van der Waals surface area contributed by atoms with E-state index < -0.39 is 0 Å². The molecule has 0 bridgehead atoms. The first kappa shape index (κ1) is 12.0. The molecule has 1 saturated heterocycles. The Morgan fingerprint density at radius 3 is 2.21 bits per heavy atom. The average Bonchev–Trinajstić information content (AvgIpc) is 3.08. The lowest BCUT2D eigenvalue weighted by Crippen LogP contribution is -2.37. The zero-order valence-corrected chi connectivity index (χ0v) is 11.8. The number of piperidine rings is 1. The molecule has 1 nitrogen and oxygen atoms in total. The van der Waals surface area contributed by atoms with Gasteiger partial charge in [-0.05, 0) is 68.5 Å². The van der Waals surface area contributed by atoms with Gasteiger partial charge in [0, 0.05) is 6.04 Å². The molecular weight excluding hydrogens is 230 g/mol. The van der Waals surface area contributed by atoms with Crippen molar-refractivity contribution in [2.75, 3.05) is 13.1 Å². The molecule has 1 aromatic rings. The summed E-state index contributed by atoms with van der Waals surface area (Å²) in [6, 6.07) is 12.0. The molecule has 3 atom stereocenters. The molecule has 0 aromatic heterocycles. The monoisotopic (exact) mass is 255 g/mol. The molecule has 4 rings (SSSR count). The van der Waals surface area contributed by atoms with Gasteiger partial charge < -0.3 is 0 Å². The molecule has 0 spiro atoms. The predicted octanol–water partition coefficient (Wildman–Crippen LogP) is 4.26. The zero-order valence-electron chi connectivity index (χ0n) is 11.8. The molecule has 1 heteroatoms. The quantitative estimate of drug-likeness (QED) is 0.780. The number of benzene rings is 1. The lowest BCUT2D eigenvalue weighted by Gasteiger charge is -2.39. The average molecular weight is 255 g/mol. The lowest BCUT2D eigenvalue weighted by molar-refractivity contribution is 0.112. The van der Waals surface area contributed by atoms with E-state index in [2.05, 4.69) is 35.2 Å². The summed E-state index contributed by atoms with van der Waals surface area (Å²) in [7, 11) is 0. The number of nitrogens with zero attached hydrogens (tertiary/aromatic N) is 1. The van der Waals surface area contributed by atoms with Crippen LogP contribution in [0, 0.1) is 17.8 Å². The molecule has 19 heavy (non-hydrogen) atoms. The first-order valence-electron chi connectivity index (χ1n) is 8.21. The molecular formula is C18H25N. The van der Waals surface area contributed by atoms with Crippen LogP contribution in [0.2, 0.25) is 0 Å². The number of likely N-dealkylation sites (tertiary alicyclic amines) is 1. The van der Waals surface area contributed by atoms with Gasteiger partial charge in [0.2, 0.25) is 0 Å². The molecule has 3 fully saturated rings. The summed E-state index contributed by atoms with van der Waals surface area (Å²) < 4.78 is 0. The SMILES string of the molecule is c1ccc([C@H](C2CC3CC3C2)N2CCCCC2)cc1. The summed E-state index contributed by atoms with van der Waals surface area (Å²) in [5.41, 5.74) is 1.58. The summed E-state index contributed by atoms with van der Waals surface area (Å²) in [4.78, 5) is 2.80. The van der Waals surface area contributed by atoms with Crippen LogP contribution in [-0.4, -0.2) is 18.0 Å². The minimum Gasteiger partial charge on any atom is -0.296 e. The number of hydrogen-bond acceptors (Lipinski definition) is 1. The van der Waals surface area contributed by atoms with Gasteiger partial charge in [-0.15, -0.1) is 0 Å². The Hall–Kier alpha value is -0.820. The molecule has 2 unspecified atom stereocenters. The minimum absolute atomic E-state index is 0.717. The van der Waals surface area contributed by atoms with E-state index >= 15 is 0 Å². The fourth-order valence-electron chi connectivity index (χ4n) is 4.65. The maximum atomic E-state index is 2.80. The fraction of sp³-hybridized carbons (Fsp3) is 0.667. The van der Waals surface area contributed by atoms with Crippen molar-refractivity contribution in [2.24, 2.45) is 17.8 Å². The van der Waals surface area contributed by atoms with E-state index in [9.17, 15) is 0 Å². The molecule has 2 aliphatic carbocycles. The van der Waals surface area contributed by atoms with Crippen LogP contribution in [0.3, 0.4) is 0 Å². The summed E-state index contributed by atoms with van der Waals surface area (Å²) in [6.07, 6.45) is 8.79. The Morgan fingerprint density at radius 1 is 0.842 bits per heavy atom. The lowest BCUT2D eigenvalue weighted by atomic mass is 9.87. The maximum Gasteiger partial charge on any atom is 0.0376 e. The highest BCUT2D eigenvalue weighted by molar-refractivity contribution is 5.21. The molecule has 0 amide bonds. The van der Waals surface area contributed by atoms with Crippen molar-refractivity contribution in [3.63, 3.8) is 0 Å². The van der Waals surface area contributed by atoms with E-state index in [0.29, 0.717) is 6.04 Å². The Morgan fingerprint density at radius 2 is 1.53 bits per heavy atom. The molecule has 0 radical (unpaired) electrons. The Bertz CT molecular complexity index is 409. The van der Waals surface area contributed by atoms with Crippen molar-refractivity contribution in [1.29, 1.82) is 0 Å². The van der Waals surface area contributed by atoms with Gasteiger partial charge in [-0.25, -0.2) is 0 Å². The molecule has 1 heterocycles. The maximum absolute atomic E-state index is 2.80. The summed E-state index contributed by atoms with van der Waals surface area (Å²) in [5, 5.41) is 0. The van der Waals surface area contributed by atoms with Crippen molar-refractivity contribution < 1.29 is 0 Å². The molecule has 1 aromatic carbocycles. The number of hydrogen-bond donors (Lipinski definition) is 0. The molecule has 3 aliphatic rings. The third-order valence-corrected chi connectivity index (χ3v) is 5.65. The Balaban J connectivity index is 1.58. The van der Waals surface area contributed by atoms with Crippen molar-refractivity contribution >= 4 is 0 Å². The number of rotatable bonds is 3. The predicted molar refractivity (Wildman–Crippen MR) is 78.9 cm³/mol. The van der Waals surface area contributed by atoms with Crippen molar-refractivity contribution in [2.45, 2.75) is 44.6 Å². The second kappa shape index (κ2) is 4.94. The first-order chi connectivity index (χ1) is 9.42. The molecule has 2 saturated carbocycles. The third-order valence-electron chi connectivity index (χ3n) is 5.65. The molecule has 0 N–H and O–H groups in total. The van der Waals surface area contributed by atoms with Crippen LogP contribution in [0.5, 0.6) is 0 Å². The largest absolute Gasteiger partial charge is 0.296 e. The van der Waals surface area contributed by atoms with E-state index in [-0.39, 0.29) is 0 Å². The highest BCUT2D eigenvalue weighted by Gasteiger charge is 2.49. The standard InChI is InChI=1S/C18H25N/c1-3-7-14(8-4-1)18(19-9-5-2-6-10-19)17-12-15-11-16(15)13-17/h1,3-4,7-8,15-18H,2,5-6,9-13H2/t15?,16?,17?,18-/m1/s1. The van der Waals surface area contributed by atoms with Gasteiger partial charge in [0.25, 0.3) is 0 Å². The topological polar surface area (TPSA) is 3.24 Å². The zero-order chi connectivity index (χ0) is 12.7. The van der Waals surface area contributed by atoms with Crippen molar-refractivity contribution in [3.05, 3.63) is 35.9 Å². The second-order valence-electron chi connectivity index (χ2n) is 6.94. The van der Waals surface area contributed by atoms with Crippen LogP contribution in [0.1, 0.15) is 50.1 Å². The van der Waals surface area contributed by atoms with Gasteiger partial charge in [0.05, 0.1) is 0 Å². The van der Waals surface area contributed by atoms with Crippen LogP contribution in [0.15, 0.2) is 30.3 Å². The van der Waals surface area contributed by atoms with Gasteiger partial charge in [0.15, 0.2) is 0 Å². The van der Waals surface area contributed by atoms with Gasteiger partial charge in [-0.1, -0.05) is 36.8 Å². The van der Waals surface area contributed by atoms with E-state index in [1.54, 1.807) is 5.56 Å². The van der Waals surface area contributed by atoms with Crippen molar-refractivity contribution in [1.82, 2.24) is 4.90 Å². The summed E-state index contributed by atoms with van der Waals surface area (Å²) in [5.74, 6) is 3.13. The number of fused-ring (bicyclic) bond motifs is 1. The van der Waals surface area contributed by atoms with E-state index in [0.717, 1.165) is 17.8 Å².